The van der Waals surface area contributed by atoms with Crippen LogP contribution in [0.2, 0.25) is 0 Å². The van der Waals surface area contributed by atoms with E-state index in [0.717, 1.165) is 25.7 Å². The van der Waals surface area contributed by atoms with Crippen LogP contribution in [0.4, 0.5) is 0 Å². The molecule has 1 fully saturated rings. The smallest absolute Gasteiger partial charge is 0.231 e. The van der Waals surface area contributed by atoms with Gasteiger partial charge < -0.3 is 5.32 Å². The summed E-state index contributed by atoms with van der Waals surface area (Å²) in [5.41, 5.74) is 5.04. The molecule has 2 aromatic carbocycles. The van der Waals surface area contributed by atoms with Crippen LogP contribution in [0.25, 0.3) is 0 Å². The van der Waals surface area contributed by atoms with E-state index in [1.54, 1.807) is 0 Å². The third-order valence-corrected chi connectivity index (χ3v) is 6.44. The third-order valence-electron chi connectivity index (χ3n) is 6.44. The number of hydrogen-bond acceptors (Lipinski definition) is 1. The second-order valence-corrected chi connectivity index (χ2v) is 8.09. The van der Waals surface area contributed by atoms with Crippen LogP contribution >= 0.6 is 0 Å². The Morgan fingerprint density at radius 3 is 2.35 bits per heavy atom. The van der Waals surface area contributed by atoms with E-state index >= 15 is 0 Å². The summed E-state index contributed by atoms with van der Waals surface area (Å²) < 4.78 is 0. The molecule has 0 spiro atoms. The van der Waals surface area contributed by atoms with Gasteiger partial charge in [-0.25, -0.2) is 0 Å². The summed E-state index contributed by atoms with van der Waals surface area (Å²) in [4.78, 5) is 13.3. The van der Waals surface area contributed by atoms with E-state index in [0.29, 0.717) is 0 Å². The number of fused-ring (bicyclic) bond motifs is 1. The number of aryl methyl sites for hydroxylation is 2. The van der Waals surface area contributed by atoms with E-state index in [2.05, 4.69) is 54.7 Å². The molecule has 26 heavy (non-hydrogen) atoms. The van der Waals surface area contributed by atoms with Crippen molar-refractivity contribution in [3.63, 3.8) is 0 Å². The van der Waals surface area contributed by atoms with Crippen LogP contribution in [-0.4, -0.2) is 5.91 Å². The molecule has 0 saturated heterocycles. The van der Waals surface area contributed by atoms with Crippen molar-refractivity contribution in [2.75, 3.05) is 0 Å². The second-order valence-electron chi connectivity index (χ2n) is 8.09. The van der Waals surface area contributed by atoms with Crippen LogP contribution < -0.4 is 5.32 Å². The maximum Gasteiger partial charge on any atom is 0.231 e. The summed E-state index contributed by atoms with van der Waals surface area (Å²) in [5, 5.41) is 3.35. The molecule has 2 aliphatic carbocycles. The predicted molar refractivity (Wildman–Crippen MR) is 106 cm³/mol. The van der Waals surface area contributed by atoms with Gasteiger partial charge >= 0.3 is 0 Å². The number of hydrogen-bond donors (Lipinski definition) is 1. The van der Waals surface area contributed by atoms with E-state index in [-0.39, 0.29) is 17.4 Å². The van der Waals surface area contributed by atoms with Gasteiger partial charge in [0.1, 0.15) is 0 Å². The molecule has 0 aromatic heterocycles. The summed E-state index contributed by atoms with van der Waals surface area (Å²) in [5.74, 6) is 0.200. The number of amides is 1. The first-order valence-corrected chi connectivity index (χ1v) is 10.2. The van der Waals surface area contributed by atoms with Gasteiger partial charge in [-0.3, -0.25) is 4.79 Å². The van der Waals surface area contributed by atoms with E-state index in [4.69, 9.17) is 0 Å². The Balaban J connectivity index is 1.55. The Morgan fingerprint density at radius 2 is 1.62 bits per heavy atom. The molecule has 0 heterocycles. The number of rotatable bonds is 4. The fourth-order valence-electron chi connectivity index (χ4n) is 4.82. The van der Waals surface area contributed by atoms with E-state index in [1.165, 1.54) is 47.9 Å². The molecule has 4 rings (SSSR count). The zero-order valence-corrected chi connectivity index (χ0v) is 15.8. The Kier molecular flexibility index (Phi) is 4.84. The van der Waals surface area contributed by atoms with Gasteiger partial charge in [-0.2, -0.15) is 0 Å². The average molecular weight is 348 g/mol. The minimum atomic E-state index is -0.344. The molecule has 2 heteroatoms. The average Bonchev–Trinajstić information content (AvgIpc) is 3.19. The van der Waals surface area contributed by atoms with Crippen molar-refractivity contribution in [3.8, 4) is 0 Å². The Hall–Kier alpha value is -2.09. The van der Waals surface area contributed by atoms with Crippen LogP contribution in [0, 0.1) is 0 Å². The van der Waals surface area contributed by atoms with E-state index in [1.807, 2.05) is 6.07 Å². The molecule has 0 bridgehead atoms. The van der Waals surface area contributed by atoms with Crippen LogP contribution in [-0.2, 0) is 23.1 Å². The Labute approximate surface area is 157 Å². The normalized spacial score (nSPS) is 19.6. The Bertz CT molecular complexity index is 774. The van der Waals surface area contributed by atoms with Crippen molar-refractivity contribution >= 4 is 5.91 Å². The summed E-state index contributed by atoms with van der Waals surface area (Å²) in [6, 6.07) is 17.2. The molecule has 0 aliphatic heterocycles. The highest BCUT2D eigenvalue weighted by Gasteiger charge is 2.42. The molecule has 1 N–H and O–H groups in total. The molecule has 2 aliphatic rings. The lowest BCUT2D eigenvalue weighted by Crippen LogP contribution is -2.43. The summed E-state index contributed by atoms with van der Waals surface area (Å²) >= 11 is 0. The fourth-order valence-corrected chi connectivity index (χ4v) is 4.82. The van der Waals surface area contributed by atoms with Gasteiger partial charge in [0.15, 0.2) is 0 Å². The van der Waals surface area contributed by atoms with Gasteiger partial charge in [-0.15, -0.1) is 0 Å². The predicted octanol–water partition coefficient (Wildman–Crippen LogP) is 5.25. The van der Waals surface area contributed by atoms with Gasteiger partial charge in [0, 0.05) is 0 Å². The largest absolute Gasteiger partial charge is 0.349 e. The maximum absolute atomic E-state index is 13.3. The second kappa shape index (κ2) is 7.26. The highest BCUT2D eigenvalue weighted by Crippen LogP contribution is 2.41. The third kappa shape index (κ3) is 3.18. The van der Waals surface area contributed by atoms with Crippen LogP contribution in [0.3, 0.4) is 0 Å². The standard InChI is InChI=1S/C24H29NO/c1-18(20-14-13-19-9-5-6-10-21(19)17-20)25-23(26)24(15-7-8-16-24)22-11-3-2-4-12-22/h2-4,11-14,17-18H,5-10,15-16H2,1H3,(H,25,26)/t18-/m0/s1. The number of nitrogens with one attached hydrogen (secondary N) is 1. The molecule has 136 valence electrons. The van der Waals surface area contributed by atoms with Gasteiger partial charge in [-0.05, 0) is 67.7 Å². The molecular weight excluding hydrogens is 318 g/mol. The molecule has 1 saturated carbocycles. The quantitative estimate of drug-likeness (QED) is 0.803. The molecular formula is C24H29NO. The van der Waals surface area contributed by atoms with Crippen molar-refractivity contribution in [2.45, 2.75) is 69.7 Å². The number of carbonyl (C=O) groups excluding carboxylic acids is 1. The maximum atomic E-state index is 13.3. The highest BCUT2D eigenvalue weighted by molar-refractivity contribution is 5.89. The Morgan fingerprint density at radius 1 is 0.923 bits per heavy atom. The first-order valence-electron chi connectivity index (χ1n) is 10.2. The van der Waals surface area contributed by atoms with Gasteiger partial charge in [-0.1, -0.05) is 61.4 Å². The lowest BCUT2D eigenvalue weighted by molar-refractivity contribution is -0.127. The van der Waals surface area contributed by atoms with Gasteiger partial charge in [0.05, 0.1) is 11.5 Å². The molecule has 0 unspecified atom stereocenters. The van der Waals surface area contributed by atoms with Crippen molar-refractivity contribution < 1.29 is 4.79 Å². The van der Waals surface area contributed by atoms with Gasteiger partial charge in [0.25, 0.3) is 0 Å². The van der Waals surface area contributed by atoms with Crippen LogP contribution in [0.15, 0.2) is 48.5 Å². The lowest BCUT2D eigenvalue weighted by atomic mass is 9.77. The minimum absolute atomic E-state index is 0.0518. The number of carbonyl (C=O) groups is 1. The fraction of sp³-hybridized carbons (Fsp3) is 0.458. The monoisotopic (exact) mass is 347 g/mol. The first kappa shape index (κ1) is 17.3. The molecule has 0 radical (unpaired) electrons. The number of benzene rings is 2. The summed E-state index contributed by atoms with van der Waals surface area (Å²) in [7, 11) is 0. The zero-order valence-electron chi connectivity index (χ0n) is 15.8. The zero-order chi connectivity index (χ0) is 18.0. The topological polar surface area (TPSA) is 29.1 Å². The van der Waals surface area contributed by atoms with Crippen molar-refractivity contribution in [2.24, 2.45) is 0 Å². The lowest BCUT2D eigenvalue weighted by Gasteiger charge is -2.30. The van der Waals surface area contributed by atoms with Crippen molar-refractivity contribution in [3.05, 3.63) is 70.8 Å². The van der Waals surface area contributed by atoms with Crippen molar-refractivity contribution in [1.29, 1.82) is 0 Å². The molecule has 2 aromatic rings. The van der Waals surface area contributed by atoms with Crippen LogP contribution in [0.5, 0.6) is 0 Å². The SMILES string of the molecule is C[C@H](NC(=O)C1(c2ccccc2)CCCC1)c1ccc2c(c1)CCCC2. The van der Waals surface area contributed by atoms with Gasteiger partial charge in [0.2, 0.25) is 5.91 Å². The summed E-state index contributed by atoms with van der Waals surface area (Å²) in [6.07, 6.45) is 9.16. The van der Waals surface area contributed by atoms with E-state index < -0.39 is 0 Å². The van der Waals surface area contributed by atoms with Crippen LogP contribution in [0.1, 0.15) is 73.7 Å². The first-order chi connectivity index (χ1) is 12.7. The summed E-state index contributed by atoms with van der Waals surface area (Å²) in [6.45, 7) is 2.12. The van der Waals surface area contributed by atoms with Crippen molar-refractivity contribution in [1.82, 2.24) is 5.32 Å². The molecule has 1 amide bonds. The highest BCUT2D eigenvalue weighted by atomic mass is 16.2. The minimum Gasteiger partial charge on any atom is -0.349 e. The van der Waals surface area contributed by atoms with E-state index in [9.17, 15) is 4.79 Å². The molecule has 2 nitrogen and oxygen atoms in total. The molecule has 1 atom stereocenters.